The summed E-state index contributed by atoms with van der Waals surface area (Å²) >= 11 is 0. The summed E-state index contributed by atoms with van der Waals surface area (Å²) in [6, 6.07) is 3.57. The minimum Gasteiger partial charge on any atom is -0.388 e. The van der Waals surface area contributed by atoms with E-state index in [2.05, 4.69) is 10.3 Å². The summed E-state index contributed by atoms with van der Waals surface area (Å²) in [5.74, 6) is -0.0546. The fourth-order valence-corrected chi connectivity index (χ4v) is 2.36. The van der Waals surface area contributed by atoms with Gasteiger partial charge in [-0.1, -0.05) is 0 Å². The molecule has 0 aliphatic heterocycles. The molecule has 20 heavy (non-hydrogen) atoms. The Labute approximate surface area is 120 Å². The molecule has 2 N–H and O–H groups in total. The van der Waals surface area contributed by atoms with Gasteiger partial charge in [-0.15, -0.1) is 0 Å². The van der Waals surface area contributed by atoms with Gasteiger partial charge in [0.25, 0.3) is 5.91 Å². The van der Waals surface area contributed by atoms with Crippen LogP contribution in [0.4, 0.5) is 5.69 Å². The van der Waals surface area contributed by atoms with Gasteiger partial charge in [-0.25, -0.2) is 0 Å². The molecule has 0 unspecified atom stereocenters. The van der Waals surface area contributed by atoms with E-state index in [1.807, 2.05) is 19.9 Å². The number of carbonyl (C=O) groups excluding carboxylic acids is 1. The van der Waals surface area contributed by atoms with E-state index in [9.17, 15) is 9.90 Å². The van der Waals surface area contributed by atoms with Crippen LogP contribution in [0.15, 0.2) is 18.3 Å². The second-order valence-corrected chi connectivity index (χ2v) is 5.34. The molecule has 1 aromatic heterocycles. The third-order valence-corrected chi connectivity index (χ3v) is 3.94. The van der Waals surface area contributed by atoms with Gasteiger partial charge >= 0.3 is 0 Å². The van der Waals surface area contributed by atoms with Crippen molar-refractivity contribution in [1.29, 1.82) is 0 Å². The van der Waals surface area contributed by atoms with Gasteiger partial charge in [-0.2, -0.15) is 0 Å². The van der Waals surface area contributed by atoms with Crippen LogP contribution >= 0.6 is 0 Å². The third-order valence-electron chi connectivity index (χ3n) is 3.94. The Balaban J connectivity index is 2.01. The van der Waals surface area contributed by atoms with Gasteiger partial charge in [0.15, 0.2) is 0 Å². The molecule has 110 valence electrons. The predicted molar refractivity (Wildman–Crippen MR) is 78.8 cm³/mol. The smallest absolute Gasteiger partial charge is 0.272 e. The first kappa shape index (κ1) is 14.8. The molecule has 0 bridgehead atoms. The largest absolute Gasteiger partial charge is 0.388 e. The molecule has 0 radical (unpaired) electrons. The molecule has 1 heterocycles. The zero-order valence-electron chi connectivity index (χ0n) is 12.2. The van der Waals surface area contributed by atoms with Crippen molar-refractivity contribution in [2.45, 2.75) is 38.7 Å². The summed E-state index contributed by atoms with van der Waals surface area (Å²) in [6.07, 6.45) is 4.40. The van der Waals surface area contributed by atoms with Crippen LogP contribution in [0, 0.1) is 0 Å². The molecular formula is C15H23N3O2. The molecule has 1 aliphatic carbocycles. The number of nitrogens with one attached hydrogen (secondary N) is 1. The highest BCUT2D eigenvalue weighted by Gasteiger charge is 2.33. The van der Waals surface area contributed by atoms with Crippen LogP contribution in [0.2, 0.25) is 0 Å². The minimum absolute atomic E-state index is 0.0546. The summed E-state index contributed by atoms with van der Waals surface area (Å²) in [4.78, 5) is 18.1. The number of pyridine rings is 1. The Morgan fingerprint density at radius 1 is 1.45 bits per heavy atom. The van der Waals surface area contributed by atoms with Crippen LogP contribution in [0.25, 0.3) is 0 Å². The number of hydrogen-bond donors (Lipinski definition) is 2. The molecule has 5 nitrogen and oxygen atoms in total. The van der Waals surface area contributed by atoms with Crippen LogP contribution in [0.5, 0.6) is 0 Å². The Kier molecular flexibility index (Phi) is 4.60. The van der Waals surface area contributed by atoms with E-state index < -0.39 is 5.60 Å². The molecule has 1 aliphatic rings. The van der Waals surface area contributed by atoms with Crippen molar-refractivity contribution in [2.75, 3.05) is 25.0 Å². The Morgan fingerprint density at radius 3 is 2.70 bits per heavy atom. The number of rotatable bonds is 6. The van der Waals surface area contributed by atoms with E-state index in [1.165, 1.54) is 0 Å². The molecule has 0 aromatic carbocycles. The van der Waals surface area contributed by atoms with Gasteiger partial charge < -0.3 is 15.3 Å². The Bertz CT molecular complexity index is 468. The van der Waals surface area contributed by atoms with Gasteiger partial charge in [0.2, 0.25) is 0 Å². The SMILES string of the molecule is CCN(CC)C(=O)c1cc(NCC2(O)CCC2)ccn1. The van der Waals surface area contributed by atoms with Crippen molar-refractivity contribution in [3.63, 3.8) is 0 Å². The normalized spacial score (nSPS) is 16.4. The standard InChI is InChI=1S/C15H23N3O2/c1-3-18(4-2)14(19)13-10-12(6-9-16-13)17-11-15(20)7-5-8-15/h6,9-10,20H,3-5,7-8,11H2,1-2H3,(H,16,17). The van der Waals surface area contributed by atoms with E-state index in [0.717, 1.165) is 24.9 Å². The topological polar surface area (TPSA) is 65.5 Å². The molecule has 0 saturated heterocycles. The van der Waals surface area contributed by atoms with E-state index in [-0.39, 0.29) is 5.91 Å². The number of aliphatic hydroxyl groups is 1. The molecule has 1 saturated carbocycles. The fourth-order valence-electron chi connectivity index (χ4n) is 2.36. The monoisotopic (exact) mass is 277 g/mol. The van der Waals surface area contributed by atoms with Crippen LogP contribution in [0.1, 0.15) is 43.6 Å². The number of hydrogen-bond acceptors (Lipinski definition) is 4. The first-order valence-electron chi connectivity index (χ1n) is 7.29. The van der Waals surface area contributed by atoms with Crippen molar-refractivity contribution < 1.29 is 9.90 Å². The minimum atomic E-state index is -0.577. The lowest BCUT2D eigenvalue weighted by Crippen LogP contribution is -2.43. The van der Waals surface area contributed by atoms with Crippen molar-refractivity contribution >= 4 is 11.6 Å². The van der Waals surface area contributed by atoms with E-state index in [1.54, 1.807) is 17.2 Å². The maximum absolute atomic E-state index is 12.2. The molecule has 5 heteroatoms. The van der Waals surface area contributed by atoms with Gasteiger partial charge in [0.05, 0.1) is 5.60 Å². The van der Waals surface area contributed by atoms with Crippen LogP contribution in [-0.4, -0.2) is 46.1 Å². The van der Waals surface area contributed by atoms with Crippen molar-refractivity contribution in [3.8, 4) is 0 Å². The average molecular weight is 277 g/mol. The summed E-state index contributed by atoms with van der Waals surface area (Å²) in [5, 5.41) is 13.3. The molecule has 1 aromatic rings. The number of carbonyl (C=O) groups is 1. The number of aromatic nitrogens is 1. The summed E-state index contributed by atoms with van der Waals surface area (Å²) in [5.41, 5.74) is 0.696. The highest BCUT2D eigenvalue weighted by atomic mass is 16.3. The summed E-state index contributed by atoms with van der Waals surface area (Å²) < 4.78 is 0. The lowest BCUT2D eigenvalue weighted by atomic mass is 9.80. The Morgan fingerprint density at radius 2 is 2.15 bits per heavy atom. The second-order valence-electron chi connectivity index (χ2n) is 5.34. The molecule has 0 spiro atoms. The summed E-state index contributed by atoms with van der Waals surface area (Å²) in [7, 11) is 0. The highest BCUT2D eigenvalue weighted by molar-refractivity contribution is 5.93. The molecular weight excluding hydrogens is 254 g/mol. The van der Waals surface area contributed by atoms with E-state index in [0.29, 0.717) is 25.3 Å². The maximum atomic E-state index is 12.2. The van der Waals surface area contributed by atoms with Crippen molar-refractivity contribution in [2.24, 2.45) is 0 Å². The second kappa shape index (κ2) is 6.22. The Hall–Kier alpha value is -1.62. The number of amides is 1. The lowest BCUT2D eigenvalue weighted by molar-refractivity contribution is -0.0201. The van der Waals surface area contributed by atoms with Crippen LogP contribution in [-0.2, 0) is 0 Å². The first-order valence-corrected chi connectivity index (χ1v) is 7.29. The predicted octanol–water partition coefficient (Wildman–Crippen LogP) is 1.89. The zero-order chi connectivity index (χ0) is 14.6. The van der Waals surface area contributed by atoms with Crippen molar-refractivity contribution in [1.82, 2.24) is 9.88 Å². The van der Waals surface area contributed by atoms with Gasteiger partial charge in [0.1, 0.15) is 5.69 Å². The summed E-state index contributed by atoms with van der Waals surface area (Å²) in [6.45, 7) is 5.78. The van der Waals surface area contributed by atoms with Crippen LogP contribution in [0.3, 0.4) is 0 Å². The van der Waals surface area contributed by atoms with Crippen molar-refractivity contribution in [3.05, 3.63) is 24.0 Å². The third kappa shape index (κ3) is 3.28. The van der Waals surface area contributed by atoms with E-state index in [4.69, 9.17) is 0 Å². The van der Waals surface area contributed by atoms with Gasteiger partial charge in [0, 0.05) is 31.5 Å². The molecule has 1 fully saturated rings. The lowest BCUT2D eigenvalue weighted by Gasteiger charge is -2.36. The molecule has 1 amide bonds. The zero-order valence-corrected chi connectivity index (χ0v) is 12.2. The number of nitrogens with zero attached hydrogens (tertiary/aromatic N) is 2. The van der Waals surface area contributed by atoms with E-state index >= 15 is 0 Å². The quantitative estimate of drug-likeness (QED) is 0.833. The average Bonchev–Trinajstić information content (AvgIpc) is 2.44. The highest BCUT2D eigenvalue weighted by Crippen LogP contribution is 2.31. The van der Waals surface area contributed by atoms with Crippen LogP contribution < -0.4 is 5.32 Å². The van der Waals surface area contributed by atoms with Gasteiger partial charge in [-0.05, 0) is 45.2 Å². The molecule has 0 atom stereocenters. The first-order chi connectivity index (χ1) is 9.58. The molecule has 2 rings (SSSR count). The fraction of sp³-hybridized carbons (Fsp3) is 0.600. The van der Waals surface area contributed by atoms with Gasteiger partial charge in [-0.3, -0.25) is 9.78 Å². The maximum Gasteiger partial charge on any atom is 0.272 e. The number of anilines is 1.